The summed E-state index contributed by atoms with van der Waals surface area (Å²) in [7, 11) is 4.16. The molecule has 0 aliphatic carbocycles. The van der Waals surface area contributed by atoms with E-state index in [-0.39, 0.29) is 0 Å². The fourth-order valence-electron chi connectivity index (χ4n) is 1.89. The molecule has 4 heteroatoms. The molecule has 1 atom stereocenters. The smallest absolute Gasteiger partial charge is 0.128 e. The average Bonchev–Trinajstić information content (AvgIpc) is 2.34. The molecule has 0 radical (unpaired) electrons. The van der Waals surface area contributed by atoms with Crippen LogP contribution in [0.1, 0.15) is 32.4 Å². The molecule has 19 heavy (non-hydrogen) atoms. The van der Waals surface area contributed by atoms with Gasteiger partial charge in [-0.1, -0.05) is 19.9 Å². The van der Waals surface area contributed by atoms with Gasteiger partial charge in [0.15, 0.2) is 0 Å². The number of nitrogens with zero attached hydrogens (tertiary/aromatic N) is 3. The van der Waals surface area contributed by atoms with E-state index in [1.807, 2.05) is 12.1 Å². The quantitative estimate of drug-likeness (QED) is 0.820. The van der Waals surface area contributed by atoms with Crippen molar-refractivity contribution in [1.29, 1.82) is 0 Å². The van der Waals surface area contributed by atoms with Crippen molar-refractivity contribution in [3.05, 3.63) is 23.9 Å². The van der Waals surface area contributed by atoms with Crippen molar-refractivity contribution in [1.82, 2.24) is 9.88 Å². The molecule has 0 amide bonds. The van der Waals surface area contributed by atoms with Gasteiger partial charge in [0, 0.05) is 25.8 Å². The average molecular weight is 265 g/mol. The Morgan fingerprint density at radius 3 is 2.26 bits per heavy atom. The summed E-state index contributed by atoms with van der Waals surface area (Å²) in [5, 5.41) is 9.51. The van der Waals surface area contributed by atoms with Crippen molar-refractivity contribution in [2.24, 2.45) is 5.92 Å². The molecule has 1 heterocycles. The molecule has 0 saturated carbocycles. The molecule has 0 aliphatic heterocycles. The summed E-state index contributed by atoms with van der Waals surface area (Å²) in [4.78, 5) is 8.96. The number of hydrogen-bond acceptors (Lipinski definition) is 4. The summed E-state index contributed by atoms with van der Waals surface area (Å²) in [6.45, 7) is 9.15. The van der Waals surface area contributed by atoms with Crippen LogP contribution in [0, 0.1) is 5.92 Å². The van der Waals surface area contributed by atoms with Crippen molar-refractivity contribution >= 4 is 5.82 Å². The third-order valence-electron chi connectivity index (χ3n) is 2.98. The zero-order valence-corrected chi connectivity index (χ0v) is 12.8. The van der Waals surface area contributed by atoms with Gasteiger partial charge in [-0.05, 0) is 38.6 Å². The lowest BCUT2D eigenvalue weighted by Crippen LogP contribution is -2.34. The zero-order chi connectivity index (χ0) is 14.4. The van der Waals surface area contributed by atoms with Gasteiger partial charge in [-0.25, -0.2) is 4.98 Å². The van der Waals surface area contributed by atoms with E-state index in [2.05, 4.69) is 42.7 Å². The number of aliphatic hydroxyl groups is 1. The van der Waals surface area contributed by atoms with Gasteiger partial charge in [-0.3, -0.25) is 0 Å². The predicted octanol–water partition coefficient (Wildman–Crippen LogP) is 2.16. The molecular formula is C15H27N3O. The zero-order valence-electron chi connectivity index (χ0n) is 12.8. The van der Waals surface area contributed by atoms with E-state index in [0.717, 1.165) is 31.0 Å². The van der Waals surface area contributed by atoms with Crippen LogP contribution in [-0.4, -0.2) is 48.7 Å². The van der Waals surface area contributed by atoms with Gasteiger partial charge >= 0.3 is 0 Å². The molecule has 1 aromatic heterocycles. The number of aliphatic hydroxyl groups excluding tert-OH is 1. The molecular weight excluding hydrogens is 238 g/mol. The van der Waals surface area contributed by atoms with Gasteiger partial charge < -0.3 is 14.9 Å². The third kappa shape index (κ3) is 5.57. The lowest BCUT2D eigenvalue weighted by Gasteiger charge is -2.27. The maximum Gasteiger partial charge on any atom is 0.128 e. The van der Waals surface area contributed by atoms with E-state index in [4.69, 9.17) is 0 Å². The largest absolute Gasteiger partial charge is 0.389 e. The van der Waals surface area contributed by atoms with E-state index in [1.54, 1.807) is 13.1 Å². The molecule has 0 aromatic carbocycles. The summed E-state index contributed by atoms with van der Waals surface area (Å²) in [5.74, 6) is 1.58. The number of likely N-dealkylation sites (N-methyl/N-ethyl adjacent to an activating group) is 1. The first-order valence-corrected chi connectivity index (χ1v) is 6.94. The Morgan fingerprint density at radius 2 is 1.84 bits per heavy atom. The monoisotopic (exact) mass is 265 g/mol. The number of hydrogen-bond donors (Lipinski definition) is 1. The standard InChI is InChI=1S/C15H27N3O/c1-12(2)11-18(9-8-17(4)5)15-7-6-14(10-16-15)13(3)19/h6-7,10,12-13,19H,8-9,11H2,1-5H3/t13-/m1/s1. The summed E-state index contributed by atoms with van der Waals surface area (Å²) in [5.41, 5.74) is 0.862. The second-order valence-corrected chi connectivity index (χ2v) is 5.77. The van der Waals surface area contributed by atoms with Crippen LogP contribution in [0.2, 0.25) is 0 Å². The summed E-state index contributed by atoms with van der Waals surface area (Å²) >= 11 is 0. The Labute approximate surface area is 117 Å². The van der Waals surface area contributed by atoms with Crippen molar-refractivity contribution in [3.8, 4) is 0 Å². The molecule has 0 aliphatic rings. The Balaban J connectivity index is 2.77. The summed E-state index contributed by atoms with van der Waals surface area (Å²) < 4.78 is 0. The second kappa shape index (κ2) is 7.46. The van der Waals surface area contributed by atoms with Crippen LogP contribution in [0.3, 0.4) is 0 Å². The lowest BCUT2D eigenvalue weighted by atomic mass is 10.1. The van der Waals surface area contributed by atoms with Crippen LogP contribution in [-0.2, 0) is 0 Å². The summed E-state index contributed by atoms with van der Waals surface area (Å²) in [6.07, 6.45) is 1.31. The van der Waals surface area contributed by atoms with Gasteiger partial charge in [0.2, 0.25) is 0 Å². The highest BCUT2D eigenvalue weighted by Gasteiger charge is 2.11. The Bertz CT molecular complexity index is 360. The first-order chi connectivity index (χ1) is 8.90. The fourth-order valence-corrected chi connectivity index (χ4v) is 1.89. The van der Waals surface area contributed by atoms with Crippen LogP contribution in [0.25, 0.3) is 0 Å². The highest BCUT2D eigenvalue weighted by molar-refractivity contribution is 5.39. The number of pyridine rings is 1. The van der Waals surface area contributed by atoms with Crippen LogP contribution < -0.4 is 4.90 Å². The van der Waals surface area contributed by atoms with E-state index >= 15 is 0 Å². The molecule has 1 N–H and O–H groups in total. The van der Waals surface area contributed by atoms with Gasteiger partial charge in [-0.15, -0.1) is 0 Å². The fraction of sp³-hybridized carbons (Fsp3) is 0.667. The van der Waals surface area contributed by atoms with E-state index in [0.29, 0.717) is 5.92 Å². The van der Waals surface area contributed by atoms with Gasteiger partial charge in [0.05, 0.1) is 6.10 Å². The molecule has 4 nitrogen and oxygen atoms in total. The molecule has 0 fully saturated rings. The second-order valence-electron chi connectivity index (χ2n) is 5.77. The molecule has 0 bridgehead atoms. The molecule has 0 spiro atoms. The molecule has 0 saturated heterocycles. The van der Waals surface area contributed by atoms with E-state index in [9.17, 15) is 5.11 Å². The highest BCUT2D eigenvalue weighted by Crippen LogP contribution is 2.16. The van der Waals surface area contributed by atoms with Gasteiger partial charge in [0.1, 0.15) is 5.82 Å². The van der Waals surface area contributed by atoms with Crippen molar-refractivity contribution in [3.63, 3.8) is 0 Å². The van der Waals surface area contributed by atoms with Crippen molar-refractivity contribution < 1.29 is 5.11 Å². The topological polar surface area (TPSA) is 39.6 Å². The van der Waals surface area contributed by atoms with Crippen LogP contribution in [0.4, 0.5) is 5.82 Å². The van der Waals surface area contributed by atoms with Crippen LogP contribution in [0.5, 0.6) is 0 Å². The van der Waals surface area contributed by atoms with Gasteiger partial charge in [-0.2, -0.15) is 0 Å². The van der Waals surface area contributed by atoms with Crippen molar-refractivity contribution in [2.75, 3.05) is 38.6 Å². The van der Waals surface area contributed by atoms with Crippen molar-refractivity contribution in [2.45, 2.75) is 26.9 Å². The SMILES string of the molecule is CC(C)CN(CCN(C)C)c1ccc([C@@H](C)O)cn1. The number of anilines is 1. The van der Waals surface area contributed by atoms with Crippen LogP contribution >= 0.6 is 0 Å². The number of rotatable bonds is 7. The molecule has 0 unspecified atom stereocenters. The minimum absolute atomic E-state index is 0.457. The van der Waals surface area contributed by atoms with Gasteiger partial charge in [0.25, 0.3) is 0 Å². The normalized spacial score (nSPS) is 13.1. The van der Waals surface area contributed by atoms with Crippen LogP contribution in [0.15, 0.2) is 18.3 Å². The van der Waals surface area contributed by atoms with E-state index in [1.165, 1.54) is 0 Å². The minimum atomic E-state index is -0.457. The highest BCUT2D eigenvalue weighted by atomic mass is 16.3. The first-order valence-electron chi connectivity index (χ1n) is 6.94. The molecule has 108 valence electrons. The molecule has 1 rings (SSSR count). The first kappa shape index (κ1) is 15.9. The maximum absolute atomic E-state index is 9.51. The maximum atomic E-state index is 9.51. The summed E-state index contributed by atoms with van der Waals surface area (Å²) in [6, 6.07) is 3.95. The lowest BCUT2D eigenvalue weighted by molar-refractivity contribution is 0.199. The Kier molecular flexibility index (Phi) is 6.25. The van der Waals surface area contributed by atoms with E-state index < -0.39 is 6.10 Å². The minimum Gasteiger partial charge on any atom is -0.389 e. The predicted molar refractivity (Wildman–Crippen MR) is 80.5 cm³/mol. The Morgan fingerprint density at radius 1 is 1.16 bits per heavy atom. The number of aromatic nitrogens is 1. The molecule has 1 aromatic rings. The Hall–Kier alpha value is -1.13. The third-order valence-corrected chi connectivity index (χ3v) is 2.98.